The van der Waals surface area contributed by atoms with Crippen molar-refractivity contribution in [1.29, 1.82) is 0 Å². The Morgan fingerprint density at radius 3 is 2.25 bits per heavy atom. The Morgan fingerprint density at radius 2 is 2.12 bits per heavy atom. The first kappa shape index (κ1) is 10.9. The van der Waals surface area contributed by atoms with E-state index < -0.39 is 0 Å². The number of nitrogens with two attached hydrogens (primary N) is 1. The summed E-state index contributed by atoms with van der Waals surface area (Å²) in [5.74, 6) is 5.00. The standard InChI is InChI=1S/C4H11N3.HI/c1-4(7-5)3-6-2;/h3,6-7H,5H2,1-2H3;1H/b4-3-;. The van der Waals surface area contributed by atoms with E-state index in [9.17, 15) is 0 Å². The molecule has 4 heteroatoms. The predicted octanol–water partition coefficient (Wildman–Crippen LogP) is 0.148. The zero-order chi connectivity index (χ0) is 5.70. The van der Waals surface area contributed by atoms with Crippen LogP contribution in [0.3, 0.4) is 0 Å². The first-order valence-electron chi connectivity index (χ1n) is 2.12. The summed E-state index contributed by atoms with van der Waals surface area (Å²) in [5.41, 5.74) is 3.38. The van der Waals surface area contributed by atoms with E-state index in [0.29, 0.717) is 0 Å². The van der Waals surface area contributed by atoms with Crippen LogP contribution in [0.4, 0.5) is 0 Å². The molecule has 50 valence electrons. The molecule has 0 bridgehead atoms. The van der Waals surface area contributed by atoms with Crippen LogP contribution in [0.15, 0.2) is 11.9 Å². The Kier molecular flexibility index (Phi) is 9.59. The van der Waals surface area contributed by atoms with Gasteiger partial charge in [-0.1, -0.05) is 0 Å². The third kappa shape index (κ3) is 6.03. The molecule has 0 saturated carbocycles. The number of rotatable bonds is 2. The fraction of sp³-hybridized carbons (Fsp3) is 0.500. The lowest BCUT2D eigenvalue weighted by Gasteiger charge is -1.95. The van der Waals surface area contributed by atoms with Crippen molar-refractivity contribution in [2.45, 2.75) is 6.92 Å². The third-order valence-corrected chi connectivity index (χ3v) is 0.589. The number of halogens is 1. The molecule has 0 radical (unpaired) electrons. The predicted molar refractivity (Wildman–Crippen MR) is 45.6 cm³/mol. The smallest absolute Gasteiger partial charge is 0.0384 e. The van der Waals surface area contributed by atoms with Crippen LogP contribution in [0.2, 0.25) is 0 Å². The van der Waals surface area contributed by atoms with E-state index >= 15 is 0 Å². The molecule has 0 aliphatic heterocycles. The molecule has 4 N–H and O–H groups in total. The number of allylic oxidation sites excluding steroid dienone is 1. The van der Waals surface area contributed by atoms with Gasteiger partial charge in [0.2, 0.25) is 0 Å². The summed E-state index contributed by atoms with van der Waals surface area (Å²) >= 11 is 0. The summed E-state index contributed by atoms with van der Waals surface area (Å²) in [6.07, 6.45) is 1.78. The first-order chi connectivity index (χ1) is 3.31. The van der Waals surface area contributed by atoms with Crippen LogP contribution in [0.25, 0.3) is 0 Å². The highest BCUT2D eigenvalue weighted by Crippen LogP contribution is 1.74. The van der Waals surface area contributed by atoms with Gasteiger partial charge in [-0.3, -0.25) is 5.84 Å². The highest BCUT2D eigenvalue weighted by molar-refractivity contribution is 14.0. The Bertz CT molecular complexity index is 71.7. The molecule has 0 rings (SSSR count). The van der Waals surface area contributed by atoms with Crippen molar-refractivity contribution in [2.75, 3.05) is 7.05 Å². The van der Waals surface area contributed by atoms with E-state index in [1.54, 1.807) is 6.20 Å². The normalized spacial score (nSPS) is 9.62. The van der Waals surface area contributed by atoms with Gasteiger partial charge in [-0.15, -0.1) is 24.0 Å². The quantitative estimate of drug-likeness (QED) is 0.359. The molecule has 0 aromatic rings. The highest BCUT2D eigenvalue weighted by Gasteiger charge is 1.73. The molecular formula is C4H12IN3. The molecule has 0 heterocycles. The van der Waals surface area contributed by atoms with Crippen LogP contribution in [0.5, 0.6) is 0 Å². The Hall–Kier alpha value is 0.0300. The minimum atomic E-state index is 0. The number of hydrogen-bond donors (Lipinski definition) is 3. The van der Waals surface area contributed by atoms with Crippen molar-refractivity contribution in [3.8, 4) is 0 Å². The summed E-state index contributed by atoms with van der Waals surface area (Å²) in [7, 11) is 1.82. The molecule has 3 nitrogen and oxygen atoms in total. The third-order valence-electron chi connectivity index (χ3n) is 0.589. The summed E-state index contributed by atoms with van der Waals surface area (Å²) < 4.78 is 0. The van der Waals surface area contributed by atoms with Gasteiger partial charge in [-0.05, 0) is 6.92 Å². The summed E-state index contributed by atoms with van der Waals surface area (Å²) in [6.45, 7) is 1.87. The zero-order valence-electron chi connectivity index (χ0n) is 5.06. The van der Waals surface area contributed by atoms with E-state index in [0.717, 1.165) is 5.70 Å². The summed E-state index contributed by atoms with van der Waals surface area (Å²) in [6, 6.07) is 0. The number of hydrazine groups is 1. The van der Waals surface area contributed by atoms with Crippen molar-refractivity contribution in [1.82, 2.24) is 10.7 Å². The van der Waals surface area contributed by atoms with Crippen molar-refractivity contribution < 1.29 is 0 Å². The largest absolute Gasteiger partial charge is 0.393 e. The average Bonchev–Trinajstić information content (AvgIpc) is 1.68. The summed E-state index contributed by atoms with van der Waals surface area (Å²) in [5, 5.41) is 2.81. The van der Waals surface area contributed by atoms with Gasteiger partial charge in [0.05, 0.1) is 0 Å². The monoisotopic (exact) mass is 229 g/mol. The van der Waals surface area contributed by atoms with E-state index in [1.165, 1.54) is 0 Å². The topological polar surface area (TPSA) is 50.1 Å². The lowest BCUT2D eigenvalue weighted by molar-refractivity contribution is 0.863. The molecule has 0 aromatic carbocycles. The van der Waals surface area contributed by atoms with Crippen LogP contribution >= 0.6 is 24.0 Å². The van der Waals surface area contributed by atoms with Crippen molar-refractivity contribution >= 4 is 24.0 Å². The Labute approximate surface area is 66.7 Å². The number of hydrogen-bond acceptors (Lipinski definition) is 3. The molecule has 0 aliphatic carbocycles. The van der Waals surface area contributed by atoms with Crippen molar-refractivity contribution in [3.63, 3.8) is 0 Å². The van der Waals surface area contributed by atoms with Gasteiger partial charge in [0.15, 0.2) is 0 Å². The molecule has 8 heavy (non-hydrogen) atoms. The van der Waals surface area contributed by atoms with Gasteiger partial charge in [0.1, 0.15) is 0 Å². The second-order valence-corrected chi connectivity index (χ2v) is 1.26. The zero-order valence-corrected chi connectivity index (χ0v) is 7.39. The summed E-state index contributed by atoms with van der Waals surface area (Å²) in [4.78, 5) is 0. The molecule has 0 aliphatic rings. The van der Waals surface area contributed by atoms with Gasteiger partial charge in [-0.2, -0.15) is 0 Å². The Morgan fingerprint density at radius 1 is 1.62 bits per heavy atom. The maximum Gasteiger partial charge on any atom is 0.0384 e. The highest BCUT2D eigenvalue weighted by atomic mass is 127. The van der Waals surface area contributed by atoms with Crippen molar-refractivity contribution in [2.24, 2.45) is 5.84 Å². The minimum Gasteiger partial charge on any atom is -0.393 e. The molecule has 0 saturated heterocycles. The second-order valence-electron chi connectivity index (χ2n) is 1.26. The van der Waals surface area contributed by atoms with Gasteiger partial charge in [-0.25, -0.2) is 0 Å². The van der Waals surface area contributed by atoms with E-state index in [4.69, 9.17) is 5.84 Å². The molecule has 0 aromatic heterocycles. The van der Waals surface area contributed by atoms with Gasteiger partial charge in [0.25, 0.3) is 0 Å². The van der Waals surface area contributed by atoms with Crippen LogP contribution in [0.1, 0.15) is 6.92 Å². The average molecular weight is 229 g/mol. The van der Waals surface area contributed by atoms with Gasteiger partial charge >= 0.3 is 0 Å². The molecule has 0 unspecified atom stereocenters. The van der Waals surface area contributed by atoms with Gasteiger partial charge < -0.3 is 10.7 Å². The fourth-order valence-electron chi connectivity index (χ4n) is 0.258. The maximum absolute atomic E-state index is 5.00. The van der Waals surface area contributed by atoms with E-state index in [-0.39, 0.29) is 24.0 Å². The minimum absolute atomic E-state index is 0. The maximum atomic E-state index is 5.00. The molecule has 0 fully saturated rings. The SMILES string of the molecule is CN/C=C(/C)NN.I. The molecule has 0 atom stereocenters. The lowest BCUT2D eigenvalue weighted by Crippen LogP contribution is -2.20. The lowest BCUT2D eigenvalue weighted by atomic mass is 10.6. The van der Waals surface area contributed by atoms with E-state index in [2.05, 4.69) is 10.7 Å². The van der Waals surface area contributed by atoms with Crippen LogP contribution in [-0.4, -0.2) is 7.05 Å². The van der Waals surface area contributed by atoms with Crippen LogP contribution in [-0.2, 0) is 0 Å². The fourth-order valence-corrected chi connectivity index (χ4v) is 0.258. The van der Waals surface area contributed by atoms with Crippen molar-refractivity contribution in [3.05, 3.63) is 11.9 Å². The second kappa shape index (κ2) is 7.03. The van der Waals surface area contributed by atoms with Gasteiger partial charge in [0, 0.05) is 18.9 Å². The number of nitrogens with one attached hydrogen (secondary N) is 2. The molecule has 0 spiro atoms. The first-order valence-corrected chi connectivity index (χ1v) is 2.12. The Balaban J connectivity index is 0. The van der Waals surface area contributed by atoms with Crippen LogP contribution < -0.4 is 16.6 Å². The van der Waals surface area contributed by atoms with Crippen LogP contribution in [0, 0.1) is 0 Å². The molecule has 0 amide bonds. The van der Waals surface area contributed by atoms with E-state index in [1.807, 2.05) is 14.0 Å². The molecular weight excluding hydrogens is 217 g/mol.